The second-order valence-corrected chi connectivity index (χ2v) is 6.28. The molecule has 3 rings (SSSR count). The number of fused-ring (bicyclic) bond motifs is 1. The number of anilines is 1. The molecule has 1 aromatic rings. The zero-order valence-electron chi connectivity index (χ0n) is 12.5. The molecule has 1 N–H and O–H groups in total. The highest BCUT2D eigenvalue weighted by Gasteiger charge is 2.28. The Labute approximate surface area is 124 Å². The Morgan fingerprint density at radius 3 is 2.62 bits per heavy atom. The Morgan fingerprint density at radius 2 is 1.90 bits per heavy atom. The van der Waals surface area contributed by atoms with Gasteiger partial charge in [-0.05, 0) is 43.9 Å². The number of rotatable bonds is 2. The topological polar surface area (TPSA) is 55.4 Å². The van der Waals surface area contributed by atoms with Gasteiger partial charge in [-0.2, -0.15) is 0 Å². The lowest BCUT2D eigenvalue weighted by Crippen LogP contribution is -2.34. The number of hydrogen-bond acceptors (Lipinski definition) is 3. The van der Waals surface area contributed by atoms with Gasteiger partial charge in [0, 0.05) is 11.5 Å². The molecule has 1 fully saturated rings. The first-order chi connectivity index (χ1) is 10.0. The molecule has 1 unspecified atom stereocenters. The molecular weight excluding hydrogens is 266 g/mol. The zero-order valence-corrected chi connectivity index (χ0v) is 12.5. The van der Waals surface area contributed by atoms with Crippen molar-refractivity contribution in [3.05, 3.63) is 23.8 Å². The third-order valence-electron chi connectivity index (χ3n) is 4.58. The van der Waals surface area contributed by atoms with E-state index in [-0.39, 0.29) is 17.6 Å². The number of benzene rings is 1. The molecule has 0 saturated heterocycles. The number of hydrogen-bond donors (Lipinski definition) is 1. The number of Topliss-reactive ketones (excluding diaryl/α,β-unsaturated/α-hetero) is 1. The van der Waals surface area contributed by atoms with Crippen LogP contribution in [0.25, 0.3) is 0 Å². The molecule has 0 aromatic heterocycles. The van der Waals surface area contributed by atoms with E-state index in [1.165, 1.54) is 0 Å². The molecular formula is C17H21NO3. The quantitative estimate of drug-likeness (QED) is 0.848. The highest BCUT2D eigenvalue weighted by molar-refractivity contribution is 6.02. The minimum atomic E-state index is -0.487. The Balaban J connectivity index is 1.79. The van der Waals surface area contributed by atoms with E-state index in [1.54, 1.807) is 19.1 Å². The first-order valence-corrected chi connectivity index (χ1v) is 7.70. The molecule has 112 valence electrons. The van der Waals surface area contributed by atoms with Crippen LogP contribution < -0.4 is 10.1 Å². The minimum Gasteiger partial charge on any atom is -0.479 e. The average molecular weight is 287 g/mol. The van der Waals surface area contributed by atoms with Crippen molar-refractivity contribution in [1.29, 1.82) is 0 Å². The van der Waals surface area contributed by atoms with Crippen molar-refractivity contribution in [2.45, 2.75) is 45.6 Å². The van der Waals surface area contributed by atoms with E-state index in [0.29, 0.717) is 17.0 Å². The lowest BCUT2D eigenvalue weighted by Gasteiger charge is -2.26. The molecule has 1 amide bonds. The highest BCUT2D eigenvalue weighted by atomic mass is 16.5. The smallest absolute Gasteiger partial charge is 0.265 e. The van der Waals surface area contributed by atoms with Crippen LogP contribution in [0.5, 0.6) is 5.75 Å². The molecule has 1 aliphatic carbocycles. The van der Waals surface area contributed by atoms with Gasteiger partial charge in [-0.1, -0.05) is 19.8 Å². The van der Waals surface area contributed by atoms with Gasteiger partial charge in [0.25, 0.3) is 5.91 Å². The van der Waals surface area contributed by atoms with Crippen molar-refractivity contribution in [1.82, 2.24) is 0 Å². The van der Waals surface area contributed by atoms with E-state index in [4.69, 9.17) is 4.74 Å². The van der Waals surface area contributed by atoms with Crippen LogP contribution in [0.15, 0.2) is 18.2 Å². The van der Waals surface area contributed by atoms with Crippen LogP contribution in [-0.2, 0) is 4.79 Å². The van der Waals surface area contributed by atoms with Crippen LogP contribution in [0, 0.1) is 11.8 Å². The molecule has 4 heteroatoms. The van der Waals surface area contributed by atoms with Gasteiger partial charge in [0.2, 0.25) is 0 Å². The van der Waals surface area contributed by atoms with Crippen molar-refractivity contribution in [3.63, 3.8) is 0 Å². The fraction of sp³-hybridized carbons (Fsp3) is 0.529. The highest BCUT2D eigenvalue weighted by Crippen LogP contribution is 2.34. The Hall–Kier alpha value is -1.84. The molecule has 0 bridgehead atoms. The lowest BCUT2D eigenvalue weighted by molar-refractivity contribution is -0.122. The summed E-state index contributed by atoms with van der Waals surface area (Å²) < 4.78 is 5.51. The minimum absolute atomic E-state index is 0.124. The van der Waals surface area contributed by atoms with E-state index in [2.05, 4.69) is 12.2 Å². The number of nitrogens with one attached hydrogen (secondary N) is 1. The fourth-order valence-electron chi connectivity index (χ4n) is 3.12. The van der Waals surface area contributed by atoms with Gasteiger partial charge in [-0.25, -0.2) is 0 Å². The number of ketones is 1. The Morgan fingerprint density at radius 1 is 1.19 bits per heavy atom. The van der Waals surface area contributed by atoms with Crippen molar-refractivity contribution < 1.29 is 14.3 Å². The fourth-order valence-corrected chi connectivity index (χ4v) is 3.12. The molecule has 21 heavy (non-hydrogen) atoms. The lowest BCUT2D eigenvalue weighted by atomic mass is 9.79. The number of carbonyl (C=O) groups excluding carboxylic acids is 2. The summed E-state index contributed by atoms with van der Waals surface area (Å²) in [6, 6.07) is 5.34. The standard InChI is InChI=1S/C17H21NO3/c1-10-3-5-12(6-4-10)16(19)13-7-8-15-14(9-13)18-17(20)11(2)21-15/h7-12H,3-6H2,1-2H3,(H,18,20). The van der Waals surface area contributed by atoms with Crippen molar-refractivity contribution in [3.8, 4) is 5.75 Å². The van der Waals surface area contributed by atoms with Gasteiger partial charge in [0.1, 0.15) is 5.75 Å². The summed E-state index contributed by atoms with van der Waals surface area (Å²) in [4.78, 5) is 24.2. The summed E-state index contributed by atoms with van der Waals surface area (Å²) in [5.74, 6) is 1.51. The van der Waals surface area contributed by atoms with Crippen molar-refractivity contribution in [2.75, 3.05) is 5.32 Å². The average Bonchev–Trinajstić information content (AvgIpc) is 2.48. The molecule has 1 atom stereocenters. The van der Waals surface area contributed by atoms with E-state index in [9.17, 15) is 9.59 Å². The monoisotopic (exact) mass is 287 g/mol. The zero-order chi connectivity index (χ0) is 15.0. The van der Waals surface area contributed by atoms with E-state index >= 15 is 0 Å². The van der Waals surface area contributed by atoms with E-state index in [0.717, 1.165) is 31.6 Å². The van der Waals surface area contributed by atoms with Gasteiger partial charge in [-0.15, -0.1) is 0 Å². The van der Waals surface area contributed by atoms with Gasteiger partial charge >= 0.3 is 0 Å². The van der Waals surface area contributed by atoms with Gasteiger partial charge in [0.15, 0.2) is 11.9 Å². The van der Waals surface area contributed by atoms with E-state index < -0.39 is 6.10 Å². The summed E-state index contributed by atoms with van der Waals surface area (Å²) in [5.41, 5.74) is 1.28. The number of ether oxygens (including phenoxy) is 1. The molecule has 0 radical (unpaired) electrons. The predicted octanol–water partition coefficient (Wildman–Crippen LogP) is 3.42. The first-order valence-electron chi connectivity index (χ1n) is 7.70. The molecule has 1 aromatic carbocycles. The number of amides is 1. The predicted molar refractivity (Wildman–Crippen MR) is 80.6 cm³/mol. The molecule has 1 heterocycles. The first kappa shape index (κ1) is 14.1. The Bertz CT molecular complexity index is 573. The number of carbonyl (C=O) groups is 2. The second-order valence-electron chi connectivity index (χ2n) is 6.28. The Kier molecular flexibility index (Phi) is 3.70. The maximum atomic E-state index is 12.6. The van der Waals surface area contributed by atoms with Crippen LogP contribution in [0.2, 0.25) is 0 Å². The third kappa shape index (κ3) is 2.80. The van der Waals surface area contributed by atoms with E-state index in [1.807, 2.05) is 6.07 Å². The molecule has 1 saturated carbocycles. The van der Waals surface area contributed by atoms with Crippen LogP contribution in [0.1, 0.15) is 49.9 Å². The van der Waals surface area contributed by atoms with Crippen LogP contribution in [0.3, 0.4) is 0 Å². The molecule has 0 spiro atoms. The van der Waals surface area contributed by atoms with Crippen LogP contribution in [-0.4, -0.2) is 17.8 Å². The van der Waals surface area contributed by atoms with Gasteiger partial charge in [-0.3, -0.25) is 9.59 Å². The van der Waals surface area contributed by atoms with Crippen LogP contribution >= 0.6 is 0 Å². The van der Waals surface area contributed by atoms with Gasteiger partial charge in [0.05, 0.1) is 5.69 Å². The SMILES string of the molecule is CC1CCC(C(=O)c2ccc3c(c2)NC(=O)C(C)O3)CC1. The van der Waals surface area contributed by atoms with Crippen molar-refractivity contribution >= 4 is 17.4 Å². The van der Waals surface area contributed by atoms with Crippen LogP contribution in [0.4, 0.5) is 5.69 Å². The molecule has 2 aliphatic rings. The maximum absolute atomic E-state index is 12.6. The molecule has 4 nitrogen and oxygen atoms in total. The van der Waals surface area contributed by atoms with Gasteiger partial charge < -0.3 is 10.1 Å². The maximum Gasteiger partial charge on any atom is 0.265 e. The summed E-state index contributed by atoms with van der Waals surface area (Å²) in [5, 5.41) is 2.80. The summed E-state index contributed by atoms with van der Waals surface area (Å²) in [7, 11) is 0. The summed E-state index contributed by atoms with van der Waals surface area (Å²) in [6.45, 7) is 3.95. The second kappa shape index (κ2) is 5.51. The summed E-state index contributed by atoms with van der Waals surface area (Å²) in [6.07, 6.45) is 3.70. The molecule has 1 aliphatic heterocycles. The largest absolute Gasteiger partial charge is 0.479 e. The normalized spacial score (nSPS) is 28.3. The third-order valence-corrected chi connectivity index (χ3v) is 4.58. The summed E-state index contributed by atoms with van der Waals surface area (Å²) >= 11 is 0. The van der Waals surface area contributed by atoms with Crippen molar-refractivity contribution in [2.24, 2.45) is 11.8 Å².